The summed E-state index contributed by atoms with van der Waals surface area (Å²) in [5, 5.41) is 5.21. The van der Waals surface area contributed by atoms with Crippen LogP contribution >= 0.6 is 11.3 Å². The SMILES string of the molecule is CC1(C)c2ccccc2-c2ccc(N(c3ccc(-c4ccc5c(c4)c4ccccc4n5-c4ccccc4)cc3)C3C=CC(c4cccc5c4sc4ccccc45)=CC3)cc21. The van der Waals surface area contributed by atoms with Gasteiger partial charge in [0.25, 0.3) is 0 Å². The van der Waals surface area contributed by atoms with Crippen molar-refractivity contribution in [2.75, 3.05) is 4.90 Å². The van der Waals surface area contributed by atoms with Crippen LogP contribution in [0.2, 0.25) is 0 Å². The summed E-state index contributed by atoms with van der Waals surface area (Å²) in [7, 11) is 0. The molecule has 0 fully saturated rings. The van der Waals surface area contributed by atoms with Crippen LogP contribution in [0.3, 0.4) is 0 Å². The number of thiophene rings is 1. The van der Waals surface area contributed by atoms with Gasteiger partial charge in [-0.3, -0.25) is 0 Å². The molecule has 286 valence electrons. The molecule has 2 aliphatic rings. The van der Waals surface area contributed by atoms with Crippen LogP contribution in [0.25, 0.3) is 75.5 Å². The standard InChI is InChI=1S/C57H42N2S/c1-57(2)51-20-9-6-15-45(51)46-33-32-43(36-52(46)57)58(42-30-25-38(26-31-42)44-18-12-19-49-48-17-8-11-22-55(48)60-56(44)49)41-28-23-37(24-29-41)39-27-34-54-50(35-39)47-16-7-10-21-53(47)59(54)40-13-4-3-5-14-40/h3-30,32-36,42H,31H2,1-2H3. The molecular formula is C57H42N2S. The topological polar surface area (TPSA) is 8.17 Å². The van der Waals surface area contributed by atoms with Crippen molar-refractivity contribution in [3.63, 3.8) is 0 Å². The van der Waals surface area contributed by atoms with Crippen LogP contribution in [-0.4, -0.2) is 10.6 Å². The third-order valence-electron chi connectivity index (χ3n) is 13.1. The smallest absolute Gasteiger partial charge is 0.0560 e. The normalized spacial score (nSPS) is 15.4. The van der Waals surface area contributed by atoms with Crippen LogP contribution < -0.4 is 4.90 Å². The van der Waals surface area contributed by atoms with Gasteiger partial charge in [0.1, 0.15) is 0 Å². The molecule has 60 heavy (non-hydrogen) atoms. The van der Waals surface area contributed by atoms with Crippen LogP contribution in [0.15, 0.2) is 200 Å². The fourth-order valence-electron chi connectivity index (χ4n) is 10.2. The monoisotopic (exact) mass is 786 g/mol. The molecule has 8 aromatic carbocycles. The minimum Gasteiger partial charge on any atom is -0.334 e. The Kier molecular flexibility index (Phi) is 7.92. The number of nitrogens with zero attached hydrogens (tertiary/aromatic N) is 2. The Labute approximate surface area is 354 Å². The number of hydrogen-bond donors (Lipinski definition) is 0. The van der Waals surface area contributed by atoms with E-state index in [4.69, 9.17) is 0 Å². The zero-order chi connectivity index (χ0) is 40.0. The maximum absolute atomic E-state index is 2.56. The molecule has 0 radical (unpaired) electrons. The number of rotatable bonds is 6. The molecule has 0 N–H and O–H groups in total. The van der Waals surface area contributed by atoms with Crippen molar-refractivity contribution < 1.29 is 0 Å². The van der Waals surface area contributed by atoms with Gasteiger partial charge in [0, 0.05) is 53.4 Å². The van der Waals surface area contributed by atoms with E-state index in [1.165, 1.54) is 104 Å². The lowest BCUT2D eigenvalue weighted by Gasteiger charge is -2.34. The Balaban J connectivity index is 0.936. The molecule has 2 heterocycles. The molecule has 0 spiro atoms. The van der Waals surface area contributed by atoms with E-state index >= 15 is 0 Å². The number of allylic oxidation sites excluding steroid dienone is 2. The van der Waals surface area contributed by atoms with Crippen LogP contribution in [0, 0.1) is 0 Å². The number of benzene rings is 8. The molecule has 10 aromatic rings. The lowest BCUT2D eigenvalue weighted by atomic mass is 9.82. The maximum atomic E-state index is 2.56. The molecule has 0 bridgehead atoms. The third-order valence-corrected chi connectivity index (χ3v) is 14.4. The Hall–Kier alpha value is -6.94. The van der Waals surface area contributed by atoms with E-state index in [0.717, 1.165) is 6.42 Å². The first kappa shape index (κ1) is 35.0. The summed E-state index contributed by atoms with van der Waals surface area (Å²) in [6, 6.07) is 67.5. The van der Waals surface area contributed by atoms with Crippen molar-refractivity contribution in [3.05, 3.63) is 217 Å². The molecule has 0 saturated heterocycles. The molecule has 1 atom stereocenters. The molecule has 2 nitrogen and oxygen atoms in total. The average molecular weight is 787 g/mol. The van der Waals surface area contributed by atoms with Gasteiger partial charge < -0.3 is 9.47 Å². The molecule has 1 unspecified atom stereocenters. The fraction of sp³-hybridized carbons (Fsp3) is 0.0877. The van der Waals surface area contributed by atoms with E-state index in [2.05, 4.69) is 224 Å². The maximum Gasteiger partial charge on any atom is 0.0560 e. The highest BCUT2D eigenvalue weighted by Gasteiger charge is 2.36. The summed E-state index contributed by atoms with van der Waals surface area (Å²) in [6.45, 7) is 4.75. The molecular weight excluding hydrogens is 745 g/mol. The highest BCUT2D eigenvalue weighted by Crippen LogP contribution is 2.50. The second-order valence-electron chi connectivity index (χ2n) is 16.8. The zero-order valence-electron chi connectivity index (χ0n) is 33.6. The first-order chi connectivity index (χ1) is 29.5. The third kappa shape index (κ3) is 5.39. The van der Waals surface area contributed by atoms with Crippen molar-refractivity contribution in [2.45, 2.75) is 31.7 Å². The zero-order valence-corrected chi connectivity index (χ0v) is 34.5. The molecule has 0 saturated carbocycles. The quantitative estimate of drug-likeness (QED) is 0.163. The summed E-state index contributed by atoms with van der Waals surface area (Å²) in [5.74, 6) is 0. The van der Waals surface area contributed by atoms with Gasteiger partial charge in [0.05, 0.1) is 17.1 Å². The van der Waals surface area contributed by atoms with E-state index in [0.29, 0.717) is 0 Å². The van der Waals surface area contributed by atoms with Gasteiger partial charge >= 0.3 is 0 Å². The fourth-order valence-corrected chi connectivity index (χ4v) is 11.4. The number of fused-ring (bicyclic) bond motifs is 9. The molecule has 12 rings (SSSR count). The summed E-state index contributed by atoms with van der Waals surface area (Å²) in [4.78, 5) is 2.56. The van der Waals surface area contributed by atoms with Crippen molar-refractivity contribution in [1.82, 2.24) is 4.57 Å². The minimum absolute atomic E-state index is 0.0852. The van der Waals surface area contributed by atoms with Gasteiger partial charge in [0.15, 0.2) is 0 Å². The van der Waals surface area contributed by atoms with E-state index < -0.39 is 0 Å². The van der Waals surface area contributed by atoms with Crippen molar-refractivity contribution in [2.24, 2.45) is 0 Å². The van der Waals surface area contributed by atoms with E-state index in [9.17, 15) is 0 Å². The summed E-state index contributed by atoms with van der Waals surface area (Å²) >= 11 is 1.90. The van der Waals surface area contributed by atoms with Gasteiger partial charge in [-0.25, -0.2) is 0 Å². The Morgan fingerprint density at radius 3 is 2.07 bits per heavy atom. The van der Waals surface area contributed by atoms with Crippen LogP contribution in [-0.2, 0) is 5.41 Å². The van der Waals surface area contributed by atoms with Gasteiger partial charge in [0.2, 0.25) is 0 Å². The first-order valence-electron chi connectivity index (χ1n) is 21.0. The number of anilines is 2. The van der Waals surface area contributed by atoms with Crippen LogP contribution in [0.1, 0.15) is 37.0 Å². The first-order valence-corrected chi connectivity index (χ1v) is 21.8. The van der Waals surface area contributed by atoms with Gasteiger partial charge in [-0.2, -0.15) is 0 Å². The van der Waals surface area contributed by atoms with Crippen molar-refractivity contribution in [3.8, 4) is 27.9 Å². The molecule has 2 aromatic heterocycles. The van der Waals surface area contributed by atoms with Crippen LogP contribution in [0.4, 0.5) is 11.4 Å². The highest BCUT2D eigenvalue weighted by atomic mass is 32.1. The summed E-state index contributed by atoms with van der Waals surface area (Å²) in [5.41, 5.74) is 16.5. The van der Waals surface area contributed by atoms with Crippen LogP contribution in [0.5, 0.6) is 0 Å². The molecule has 3 heteroatoms. The van der Waals surface area contributed by atoms with E-state index in [1.54, 1.807) is 0 Å². The number of hydrogen-bond acceptors (Lipinski definition) is 2. The molecule has 0 aliphatic heterocycles. The van der Waals surface area contributed by atoms with Gasteiger partial charge in [-0.05, 0) is 112 Å². The second kappa shape index (κ2) is 13.6. The molecule has 2 aliphatic carbocycles. The summed E-state index contributed by atoms with van der Waals surface area (Å²) < 4.78 is 5.09. The van der Waals surface area contributed by atoms with E-state index in [1.807, 2.05) is 11.3 Å². The second-order valence-corrected chi connectivity index (χ2v) is 17.9. The largest absolute Gasteiger partial charge is 0.334 e. The van der Waals surface area contributed by atoms with E-state index in [-0.39, 0.29) is 11.5 Å². The summed E-state index contributed by atoms with van der Waals surface area (Å²) in [6.07, 6.45) is 8.15. The molecule has 0 amide bonds. The van der Waals surface area contributed by atoms with Crippen molar-refractivity contribution in [1.29, 1.82) is 0 Å². The predicted octanol–water partition coefficient (Wildman–Crippen LogP) is 15.7. The van der Waals surface area contributed by atoms with Gasteiger partial charge in [-0.1, -0.05) is 153 Å². The number of para-hydroxylation sites is 2. The average Bonchev–Trinajstić information content (AvgIpc) is 3.92. The highest BCUT2D eigenvalue weighted by molar-refractivity contribution is 7.26. The minimum atomic E-state index is -0.0852. The Morgan fingerprint density at radius 2 is 1.22 bits per heavy atom. The Morgan fingerprint density at radius 1 is 0.533 bits per heavy atom. The van der Waals surface area contributed by atoms with Gasteiger partial charge in [-0.15, -0.1) is 11.3 Å². The lowest BCUT2D eigenvalue weighted by Crippen LogP contribution is -2.30. The predicted molar refractivity (Wildman–Crippen MR) is 257 cm³/mol. The van der Waals surface area contributed by atoms with Crippen molar-refractivity contribution >= 4 is 70.3 Å². The lowest BCUT2D eigenvalue weighted by molar-refractivity contribution is 0.659. The Bertz CT molecular complexity index is 3380. The number of aromatic nitrogens is 1.